The van der Waals surface area contributed by atoms with Gasteiger partial charge in [0.15, 0.2) is 0 Å². The van der Waals surface area contributed by atoms with Gasteiger partial charge in [0, 0.05) is 31.8 Å². The van der Waals surface area contributed by atoms with Crippen LogP contribution in [-0.4, -0.2) is 29.3 Å². The van der Waals surface area contributed by atoms with E-state index in [1.165, 1.54) is 0 Å². The van der Waals surface area contributed by atoms with E-state index in [4.69, 9.17) is 0 Å². The number of hydrogen-bond acceptors (Lipinski definition) is 2. The smallest absolute Gasteiger partial charge is 0.243 e. The molecule has 0 aliphatic carbocycles. The van der Waals surface area contributed by atoms with Crippen LogP contribution in [-0.2, 0) is 22.6 Å². The summed E-state index contributed by atoms with van der Waals surface area (Å²) in [7, 11) is 0. The number of carbonyl (C=O) groups is 2. The summed E-state index contributed by atoms with van der Waals surface area (Å²) in [6.07, 6.45) is 0.715. The van der Waals surface area contributed by atoms with Crippen LogP contribution in [0.2, 0.25) is 0 Å². The fraction of sp³-hybridized carbons (Fsp3) is 0.278. The Morgan fingerprint density at radius 2 is 1.23 bits per heavy atom. The van der Waals surface area contributed by atoms with Crippen molar-refractivity contribution in [2.24, 2.45) is 5.92 Å². The molecule has 0 heterocycles. The molecule has 4 aromatic carbocycles. The van der Waals surface area contributed by atoms with Gasteiger partial charge in [-0.15, -0.1) is 0 Å². The van der Waals surface area contributed by atoms with Crippen LogP contribution in [0.15, 0.2) is 115 Å². The van der Waals surface area contributed by atoms with Crippen molar-refractivity contribution in [1.29, 1.82) is 0 Å². The number of benzene rings is 4. The van der Waals surface area contributed by atoms with Crippen LogP contribution in [0.1, 0.15) is 54.0 Å². The first-order valence-electron chi connectivity index (χ1n) is 14.2. The summed E-state index contributed by atoms with van der Waals surface area (Å²) in [4.78, 5) is 30.0. The third kappa shape index (κ3) is 8.16. The lowest BCUT2D eigenvalue weighted by Crippen LogP contribution is -2.51. The van der Waals surface area contributed by atoms with Crippen LogP contribution >= 0.6 is 0 Å². The second-order valence-electron chi connectivity index (χ2n) is 10.9. The van der Waals surface area contributed by atoms with E-state index in [-0.39, 0.29) is 24.2 Å². The zero-order valence-corrected chi connectivity index (χ0v) is 23.8. The summed E-state index contributed by atoms with van der Waals surface area (Å²) < 4.78 is 0. The van der Waals surface area contributed by atoms with Crippen molar-refractivity contribution in [1.82, 2.24) is 10.2 Å². The van der Waals surface area contributed by atoms with Gasteiger partial charge in [0.2, 0.25) is 11.8 Å². The van der Waals surface area contributed by atoms with Crippen LogP contribution in [0.4, 0.5) is 0 Å². The molecule has 0 fully saturated rings. The van der Waals surface area contributed by atoms with Crippen LogP contribution in [0.3, 0.4) is 0 Å². The molecule has 4 nitrogen and oxygen atoms in total. The highest BCUT2D eigenvalue weighted by Crippen LogP contribution is 2.30. The Morgan fingerprint density at radius 1 is 0.700 bits per heavy atom. The number of aryl methyl sites for hydroxylation is 1. The van der Waals surface area contributed by atoms with Gasteiger partial charge >= 0.3 is 0 Å². The van der Waals surface area contributed by atoms with Gasteiger partial charge in [0.05, 0.1) is 0 Å². The highest BCUT2D eigenvalue weighted by Gasteiger charge is 2.32. The first-order valence-corrected chi connectivity index (χ1v) is 14.2. The molecular formula is C36H40N2O2. The number of rotatable bonds is 12. The Hall–Kier alpha value is -4.18. The van der Waals surface area contributed by atoms with Crippen molar-refractivity contribution < 1.29 is 9.59 Å². The summed E-state index contributed by atoms with van der Waals surface area (Å²) in [5.41, 5.74) is 5.36. The average molecular weight is 533 g/mol. The molecular weight excluding hydrogens is 492 g/mol. The molecule has 0 spiro atoms. The Kier molecular flexibility index (Phi) is 10.3. The zero-order chi connectivity index (χ0) is 28.3. The number of carbonyl (C=O) groups excluding carboxylic acids is 2. The lowest BCUT2D eigenvalue weighted by molar-refractivity contribution is -0.141. The standard InChI is InChI=1S/C36H40N2O2/c1-27(2)25-37-36(40)34(23-29-13-7-4-8-14-29)38(26-30-21-19-28(3)20-22-30)35(39)24-33(31-15-9-5-10-16-31)32-17-11-6-12-18-32/h4-22,27,33-34H,23-26H2,1-3H3,(H,37,40). The van der Waals surface area contributed by atoms with Crippen LogP contribution < -0.4 is 5.32 Å². The van der Waals surface area contributed by atoms with E-state index in [1.54, 1.807) is 4.90 Å². The van der Waals surface area contributed by atoms with Crippen molar-refractivity contribution in [2.75, 3.05) is 6.54 Å². The van der Waals surface area contributed by atoms with Crippen molar-refractivity contribution in [3.05, 3.63) is 143 Å². The molecule has 0 saturated heterocycles. The van der Waals surface area contributed by atoms with Crippen molar-refractivity contribution >= 4 is 11.8 Å². The van der Waals surface area contributed by atoms with Crippen molar-refractivity contribution in [2.45, 2.75) is 52.1 Å². The molecule has 0 aromatic heterocycles. The van der Waals surface area contributed by atoms with Crippen LogP contribution in [0.5, 0.6) is 0 Å². The monoisotopic (exact) mass is 532 g/mol. The second-order valence-corrected chi connectivity index (χ2v) is 10.9. The molecule has 1 atom stereocenters. The minimum Gasteiger partial charge on any atom is -0.354 e. The summed E-state index contributed by atoms with van der Waals surface area (Å²) in [5, 5.41) is 3.12. The van der Waals surface area contributed by atoms with E-state index in [0.29, 0.717) is 25.4 Å². The molecule has 4 rings (SSSR count). The van der Waals surface area contributed by atoms with Crippen LogP contribution in [0, 0.1) is 12.8 Å². The van der Waals surface area contributed by atoms with Crippen molar-refractivity contribution in [3.8, 4) is 0 Å². The molecule has 2 amide bonds. The first kappa shape index (κ1) is 28.8. The molecule has 0 bridgehead atoms. The summed E-state index contributed by atoms with van der Waals surface area (Å²) in [6.45, 7) is 7.13. The maximum Gasteiger partial charge on any atom is 0.243 e. The fourth-order valence-corrected chi connectivity index (χ4v) is 4.96. The first-order chi connectivity index (χ1) is 19.4. The normalized spacial score (nSPS) is 11.8. The van der Waals surface area contributed by atoms with Gasteiger partial charge in [-0.1, -0.05) is 135 Å². The van der Waals surface area contributed by atoms with E-state index in [0.717, 1.165) is 27.8 Å². The van der Waals surface area contributed by atoms with Gasteiger partial charge < -0.3 is 10.2 Å². The van der Waals surface area contributed by atoms with Gasteiger partial charge in [-0.05, 0) is 35.1 Å². The largest absolute Gasteiger partial charge is 0.354 e. The Bertz CT molecular complexity index is 1300. The van der Waals surface area contributed by atoms with E-state index >= 15 is 0 Å². The SMILES string of the molecule is Cc1ccc(CN(C(=O)CC(c2ccccc2)c2ccccc2)C(Cc2ccccc2)C(=O)NCC(C)C)cc1. The van der Waals surface area contributed by atoms with E-state index in [1.807, 2.05) is 78.9 Å². The number of nitrogens with zero attached hydrogens (tertiary/aromatic N) is 1. The summed E-state index contributed by atoms with van der Waals surface area (Å²) in [6, 6.07) is 37.9. The average Bonchev–Trinajstić information content (AvgIpc) is 2.98. The molecule has 0 radical (unpaired) electrons. The number of nitrogens with one attached hydrogen (secondary N) is 1. The van der Waals surface area contributed by atoms with Gasteiger partial charge in [0.25, 0.3) is 0 Å². The fourth-order valence-electron chi connectivity index (χ4n) is 4.96. The second kappa shape index (κ2) is 14.3. The van der Waals surface area contributed by atoms with Gasteiger partial charge in [-0.25, -0.2) is 0 Å². The van der Waals surface area contributed by atoms with Gasteiger partial charge in [0.1, 0.15) is 6.04 Å². The van der Waals surface area contributed by atoms with Crippen molar-refractivity contribution in [3.63, 3.8) is 0 Å². The number of amides is 2. The highest BCUT2D eigenvalue weighted by atomic mass is 16.2. The summed E-state index contributed by atoms with van der Waals surface area (Å²) in [5.74, 6) is 0.0301. The maximum atomic E-state index is 14.4. The predicted octanol–water partition coefficient (Wildman–Crippen LogP) is 6.93. The molecule has 0 saturated carbocycles. The zero-order valence-electron chi connectivity index (χ0n) is 23.8. The van der Waals surface area contributed by atoms with E-state index in [2.05, 4.69) is 62.5 Å². The molecule has 4 heteroatoms. The third-order valence-electron chi connectivity index (χ3n) is 7.21. The summed E-state index contributed by atoms with van der Waals surface area (Å²) >= 11 is 0. The lowest BCUT2D eigenvalue weighted by atomic mass is 9.87. The molecule has 40 heavy (non-hydrogen) atoms. The topological polar surface area (TPSA) is 49.4 Å². The molecule has 1 unspecified atom stereocenters. The highest BCUT2D eigenvalue weighted by molar-refractivity contribution is 5.88. The van der Waals surface area contributed by atoms with Crippen LogP contribution in [0.25, 0.3) is 0 Å². The lowest BCUT2D eigenvalue weighted by Gasteiger charge is -2.33. The molecule has 206 valence electrons. The quantitative estimate of drug-likeness (QED) is 0.215. The van der Waals surface area contributed by atoms with Gasteiger partial charge in [-0.2, -0.15) is 0 Å². The molecule has 0 aliphatic rings. The molecule has 1 N–H and O–H groups in total. The third-order valence-corrected chi connectivity index (χ3v) is 7.21. The minimum absolute atomic E-state index is 0.0427. The van der Waals surface area contributed by atoms with E-state index < -0.39 is 6.04 Å². The Balaban J connectivity index is 1.72. The Morgan fingerprint density at radius 3 is 1.75 bits per heavy atom. The van der Waals surface area contributed by atoms with Gasteiger partial charge in [-0.3, -0.25) is 9.59 Å². The number of hydrogen-bond donors (Lipinski definition) is 1. The Labute approximate surface area is 239 Å². The molecule has 4 aromatic rings. The predicted molar refractivity (Wildman–Crippen MR) is 163 cm³/mol. The van der Waals surface area contributed by atoms with E-state index in [9.17, 15) is 9.59 Å². The minimum atomic E-state index is -0.637. The molecule has 0 aliphatic heterocycles. The maximum absolute atomic E-state index is 14.4.